The number of methoxy groups -OCH3 is 1. The summed E-state index contributed by atoms with van der Waals surface area (Å²) in [6.45, 7) is 0. The van der Waals surface area contributed by atoms with Gasteiger partial charge < -0.3 is 14.5 Å². The second kappa shape index (κ2) is 5.69. The van der Waals surface area contributed by atoms with Gasteiger partial charge in [-0.1, -0.05) is 6.07 Å². The Morgan fingerprint density at radius 3 is 2.91 bits per heavy atom. The maximum absolute atomic E-state index is 12.3. The van der Waals surface area contributed by atoms with Crippen molar-refractivity contribution in [3.63, 3.8) is 0 Å². The molecule has 110 valence electrons. The molecule has 0 bridgehead atoms. The number of pyridine rings is 1. The van der Waals surface area contributed by atoms with Crippen molar-refractivity contribution in [3.8, 4) is 5.75 Å². The summed E-state index contributed by atoms with van der Waals surface area (Å²) in [5.41, 5.74) is 0.645. The summed E-state index contributed by atoms with van der Waals surface area (Å²) in [4.78, 5) is 16.3. The smallest absolute Gasteiger partial charge is 0.262 e. The van der Waals surface area contributed by atoms with Gasteiger partial charge in [-0.05, 0) is 30.3 Å². The molecule has 0 unspecified atom stereocenters. The number of rotatable bonds is 3. The molecule has 6 heteroatoms. The molecule has 2 aromatic heterocycles. The molecule has 0 saturated carbocycles. The van der Waals surface area contributed by atoms with E-state index in [2.05, 4.69) is 10.3 Å². The summed E-state index contributed by atoms with van der Waals surface area (Å²) in [5.74, 6) is 0.563. The van der Waals surface area contributed by atoms with Crippen molar-refractivity contribution in [1.29, 1.82) is 5.41 Å². The molecule has 0 aliphatic heterocycles. The molecular weight excluding hydrogens is 282 g/mol. The third-order valence-electron chi connectivity index (χ3n) is 3.18. The number of aromatic nitrogens is 1. The lowest BCUT2D eigenvalue weighted by atomic mass is 10.1. The van der Waals surface area contributed by atoms with E-state index in [1.165, 1.54) is 6.26 Å². The maximum atomic E-state index is 12.3. The van der Waals surface area contributed by atoms with Gasteiger partial charge in [0, 0.05) is 11.6 Å². The first-order valence-electron chi connectivity index (χ1n) is 6.55. The van der Waals surface area contributed by atoms with Crippen LogP contribution >= 0.6 is 0 Å². The van der Waals surface area contributed by atoms with Crippen LogP contribution in [-0.2, 0) is 0 Å². The highest BCUT2D eigenvalue weighted by atomic mass is 16.5. The number of benzene rings is 1. The predicted octanol–water partition coefficient (Wildman–Crippen LogP) is 2.57. The van der Waals surface area contributed by atoms with E-state index in [-0.39, 0.29) is 10.9 Å². The molecule has 1 amide bonds. The van der Waals surface area contributed by atoms with E-state index in [0.29, 0.717) is 22.5 Å². The molecule has 1 aromatic carbocycles. The van der Waals surface area contributed by atoms with Crippen molar-refractivity contribution in [2.45, 2.75) is 0 Å². The standard InChI is InChI=1S/C16H13N3O3/c1-21-10-5-6-13-11(8-10)15(17)12(9-22-13)16(20)19-14-4-2-3-7-18-14/h2-9,17H,1H3,(H,18,19,20). The highest BCUT2D eigenvalue weighted by molar-refractivity contribution is 6.04. The van der Waals surface area contributed by atoms with E-state index in [0.717, 1.165) is 0 Å². The first-order chi connectivity index (χ1) is 10.7. The van der Waals surface area contributed by atoms with Gasteiger partial charge in [0.05, 0.1) is 12.5 Å². The number of fused-ring (bicyclic) bond motifs is 1. The predicted molar refractivity (Wildman–Crippen MR) is 80.8 cm³/mol. The molecule has 3 rings (SSSR count). The van der Waals surface area contributed by atoms with Crippen LogP contribution in [0.1, 0.15) is 10.4 Å². The van der Waals surface area contributed by atoms with Crippen LogP contribution in [0.3, 0.4) is 0 Å². The minimum atomic E-state index is -0.447. The summed E-state index contributed by atoms with van der Waals surface area (Å²) in [5, 5.41) is 11.4. The average Bonchev–Trinajstić information content (AvgIpc) is 2.56. The van der Waals surface area contributed by atoms with Gasteiger partial charge in [0.2, 0.25) is 0 Å². The van der Waals surface area contributed by atoms with Gasteiger partial charge in [-0.15, -0.1) is 0 Å². The number of carbonyl (C=O) groups excluding carboxylic acids is 1. The summed E-state index contributed by atoms with van der Waals surface area (Å²) >= 11 is 0. The normalized spacial score (nSPS) is 10.4. The summed E-state index contributed by atoms with van der Waals surface area (Å²) in [6.07, 6.45) is 2.85. The lowest BCUT2D eigenvalue weighted by Gasteiger charge is -2.06. The molecule has 0 atom stereocenters. The van der Waals surface area contributed by atoms with Crippen molar-refractivity contribution in [2.75, 3.05) is 12.4 Å². The highest BCUT2D eigenvalue weighted by Gasteiger charge is 2.13. The lowest BCUT2D eigenvalue weighted by Crippen LogP contribution is -2.21. The van der Waals surface area contributed by atoms with Gasteiger partial charge in [0.15, 0.2) is 0 Å². The molecule has 0 aliphatic rings. The Bertz CT molecular complexity index is 888. The Morgan fingerprint density at radius 2 is 2.18 bits per heavy atom. The highest BCUT2D eigenvalue weighted by Crippen LogP contribution is 2.18. The minimum Gasteiger partial charge on any atom is -0.497 e. The molecule has 0 saturated heterocycles. The maximum Gasteiger partial charge on any atom is 0.262 e. The van der Waals surface area contributed by atoms with Crippen LogP contribution in [0, 0.1) is 5.41 Å². The van der Waals surface area contributed by atoms with Crippen LogP contribution in [0.15, 0.2) is 53.3 Å². The zero-order valence-electron chi connectivity index (χ0n) is 11.8. The van der Waals surface area contributed by atoms with E-state index in [1.54, 1.807) is 49.7 Å². The number of ether oxygens (including phenoxy) is 1. The van der Waals surface area contributed by atoms with Gasteiger partial charge in [-0.2, -0.15) is 0 Å². The van der Waals surface area contributed by atoms with Gasteiger partial charge in [0.25, 0.3) is 5.91 Å². The molecule has 0 spiro atoms. The Balaban J connectivity index is 2.02. The van der Waals surface area contributed by atoms with Crippen molar-refractivity contribution in [1.82, 2.24) is 4.98 Å². The van der Waals surface area contributed by atoms with E-state index < -0.39 is 5.91 Å². The van der Waals surface area contributed by atoms with Crippen LogP contribution in [0.2, 0.25) is 0 Å². The Labute approximate surface area is 125 Å². The molecule has 3 aromatic rings. The largest absolute Gasteiger partial charge is 0.497 e. The van der Waals surface area contributed by atoms with Crippen LogP contribution in [0.4, 0.5) is 5.82 Å². The molecule has 6 nitrogen and oxygen atoms in total. The number of nitrogens with one attached hydrogen (secondary N) is 2. The summed E-state index contributed by atoms with van der Waals surface area (Å²) in [7, 11) is 1.54. The molecular formula is C16H13N3O3. The molecule has 0 aliphatic carbocycles. The fraction of sp³-hybridized carbons (Fsp3) is 0.0625. The third-order valence-corrected chi connectivity index (χ3v) is 3.18. The summed E-state index contributed by atoms with van der Waals surface area (Å²) in [6, 6.07) is 10.3. The van der Waals surface area contributed by atoms with Gasteiger partial charge in [0.1, 0.15) is 29.0 Å². The molecule has 2 N–H and O–H groups in total. The molecule has 0 radical (unpaired) electrons. The fourth-order valence-electron chi connectivity index (χ4n) is 2.05. The van der Waals surface area contributed by atoms with Crippen LogP contribution in [0.5, 0.6) is 5.75 Å². The van der Waals surface area contributed by atoms with Crippen molar-refractivity contribution in [3.05, 3.63) is 59.8 Å². The minimum absolute atomic E-state index is 0.0774. The van der Waals surface area contributed by atoms with Gasteiger partial charge in [-0.3, -0.25) is 10.2 Å². The zero-order valence-corrected chi connectivity index (χ0v) is 11.8. The number of anilines is 1. The monoisotopic (exact) mass is 295 g/mol. The quantitative estimate of drug-likeness (QED) is 0.777. The number of carbonyl (C=O) groups is 1. The van der Waals surface area contributed by atoms with Crippen molar-refractivity contribution in [2.24, 2.45) is 0 Å². The van der Waals surface area contributed by atoms with E-state index >= 15 is 0 Å². The first kappa shape index (κ1) is 13.8. The summed E-state index contributed by atoms with van der Waals surface area (Å²) < 4.78 is 10.6. The Kier molecular flexibility index (Phi) is 3.57. The van der Waals surface area contributed by atoms with E-state index in [1.807, 2.05) is 0 Å². The topological polar surface area (TPSA) is 88.2 Å². The van der Waals surface area contributed by atoms with Gasteiger partial charge >= 0.3 is 0 Å². The number of hydrogen-bond donors (Lipinski definition) is 2. The average molecular weight is 295 g/mol. The third kappa shape index (κ3) is 2.54. The van der Waals surface area contributed by atoms with E-state index in [4.69, 9.17) is 14.6 Å². The molecule has 22 heavy (non-hydrogen) atoms. The van der Waals surface area contributed by atoms with Crippen molar-refractivity contribution >= 4 is 22.7 Å². The van der Waals surface area contributed by atoms with Crippen molar-refractivity contribution < 1.29 is 13.9 Å². The van der Waals surface area contributed by atoms with Crippen LogP contribution in [0.25, 0.3) is 11.0 Å². The van der Waals surface area contributed by atoms with Crippen LogP contribution in [-0.4, -0.2) is 18.0 Å². The second-order valence-electron chi connectivity index (χ2n) is 4.56. The molecule has 2 heterocycles. The Hall–Kier alpha value is -3.15. The molecule has 0 fully saturated rings. The number of nitrogens with zero attached hydrogens (tertiary/aromatic N) is 1. The zero-order chi connectivity index (χ0) is 15.5. The Morgan fingerprint density at radius 1 is 1.32 bits per heavy atom. The number of hydrogen-bond acceptors (Lipinski definition) is 5. The van der Waals surface area contributed by atoms with Crippen LogP contribution < -0.4 is 15.4 Å². The van der Waals surface area contributed by atoms with Gasteiger partial charge in [-0.25, -0.2) is 4.98 Å². The number of amides is 1. The lowest BCUT2D eigenvalue weighted by molar-refractivity contribution is 0.102. The first-order valence-corrected chi connectivity index (χ1v) is 6.55. The second-order valence-corrected chi connectivity index (χ2v) is 4.56. The fourth-order valence-corrected chi connectivity index (χ4v) is 2.05. The SMILES string of the molecule is COc1ccc2occ(C(=O)Nc3ccccn3)c(=N)c2c1. The van der Waals surface area contributed by atoms with E-state index in [9.17, 15) is 4.79 Å².